The van der Waals surface area contributed by atoms with Gasteiger partial charge in [-0.25, -0.2) is 0 Å². The van der Waals surface area contributed by atoms with Gasteiger partial charge in [0.2, 0.25) is 41.4 Å². The Labute approximate surface area is 490 Å². The molecule has 0 radical (unpaired) electrons. The molecular formula is C60H60F2N11O12P. The molecule has 9 N–H and O–H groups in total. The van der Waals surface area contributed by atoms with Crippen LogP contribution in [0.1, 0.15) is 118 Å². The summed E-state index contributed by atoms with van der Waals surface area (Å²) in [6.07, 6.45) is 3.99. The van der Waals surface area contributed by atoms with Crippen LogP contribution in [0.5, 0.6) is 0 Å². The van der Waals surface area contributed by atoms with E-state index in [0.29, 0.717) is 22.3 Å². The van der Waals surface area contributed by atoms with E-state index < -0.39 is 90.5 Å². The molecule has 6 heterocycles. The number of aryl methyl sites for hydroxylation is 1. The monoisotopic (exact) mass is 1200 g/mol. The number of aromatic nitrogens is 3. The van der Waals surface area contributed by atoms with Crippen molar-refractivity contribution in [2.75, 3.05) is 13.1 Å². The fourth-order valence-electron chi connectivity index (χ4n) is 11.5. The Bertz CT molecular complexity index is 3750. The number of primary amides is 1. The summed E-state index contributed by atoms with van der Waals surface area (Å²) in [6, 6.07) is 21.2. The molecule has 86 heavy (non-hydrogen) atoms. The zero-order valence-electron chi connectivity index (χ0n) is 46.1. The number of nitrogens with two attached hydrogens (primary N) is 1. The summed E-state index contributed by atoms with van der Waals surface area (Å²) in [7, 11) is -5.95. The number of rotatable bonds is 18. The van der Waals surface area contributed by atoms with E-state index in [9.17, 15) is 61.5 Å². The molecule has 4 aliphatic rings. The minimum atomic E-state index is -5.95. The average molecular weight is 1200 g/mol. The van der Waals surface area contributed by atoms with Crippen LogP contribution in [0.15, 0.2) is 116 Å². The maximum Gasteiger partial charge on any atom is 0.399 e. The Morgan fingerprint density at radius 3 is 2.29 bits per heavy atom. The van der Waals surface area contributed by atoms with Gasteiger partial charge in [-0.1, -0.05) is 84.6 Å². The number of carbonyl (C=O) groups excluding carboxylic acids is 9. The van der Waals surface area contributed by atoms with Gasteiger partial charge < -0.3 is 51.2 Å². The van der Waals surface area contributed by atoms with Gasteiger partial charge in [0.25, 0.3) is 11.8 Å². The van der Waals surface area contributed by atoms with Crippen LogP contribution < -0.4 is 27.0 Å². The minimum Gasteiger partial charge on any atom is -0.370 e. The van der Waals surface area contributed by atoms with Crippen LogP contribution in [0, 0.1) is 11.8 Å². The van der Waals surface area contributed by atoms with E-state index in [2.05, 4.69) is 43.2 Å². The second kappa shape index (κ2) is 25.1. The summed E-state index contributed by atoms with van der Waals surface area (Å²) in [6.45, 7) is 0.127. The lowest BCUT2D eigenvalue weighted by molar-refractivity contribution is -0.145. The second-order valence-electron chi connectivity index (χ2n) is 21.6. The maximum absolute atomic E-state index is 15.1. The van der Waals surface area contributed by atoms with Crippen molar-refractivity contribution in [3.8, 4) is 11.8 Å². The second-order valence-corrected chi connectivity index (χ2v) is 23.3. The lowest BCUT2D eigenvalue weighted by atomic mass is 9.98. The number of hydrogen-bond acceptors (Lipinski definition) is 11. The largest absolute Gasteiger partial charge is 0.399 e. The average Bonchev–Trinajstić information content (AvgIpc) is 1.90. The van der Waals surface area contributed by atoms with E-state index in [1.165, 1.54) is 14.7 Å². The molecule has 0 saturated carbocycles. The maximum atomic E-state index is 15.1. The summed E-state index contributed by atoms with van der Waals surface area (Å²) in [5, 5.41) is 15.2. The number of carbonyl (C=O) groups is 9. The molecule has 4 aromatic carbocycles. The molecule has 0 aliphatic carbocycles. The van der Waals surface area contributed by atoms with Crippen molar-refractivity contribution < 1.29 is 66.3 Å². The molecule has 5 atom stereocenters. The number of hydrogen-bond donors (Lipinski definition) is 8. The molecule has 10 rings (SSSR count). The number of nitrogens with zero attached hydrogens (tertiary/aromatic N) is 5. The minimum absolute atomic E-state index is 0.0137. The third-order valence-corrected chi connectivity index (χ3v) is 16.9. The molecule has 2 aromatic heterocycles. The highest BCUT2D eigenvalue weighted by Crippen LogP contribution is 2.59. The Hall–Kier alpha value is -9.37. The molecule has 2 unspecified atom stereocenters. The van der Waals surface area contributed by atoms with Crippen LogP contribution in [0.3, 0.4) is 0 Å². The van der Waals surface area contributed by atoms with E-state index in [-0.39, 0.29) is 118 Å². The number of nitrogens with one attached hydrogen (secondary N) is 5. The number of piperidine rings is 1. The van der Waals surface area contributed by atoms with Crippen LogP contribution >= 0.6 is 7.60 Å². The van der Waals surface area contributed by atoms with Crippen molar-refractivity contribution in [2.24, 2.45) is 5.73 Å². The van der Waals surface area contributed by atoms with Crippen LogP contribution in [0.25, 0.3) is 10.9 Å². The molecule has 23 nitrogen and oxygen atoms in total. The van der Waals surface area contributed by atoms with Crippen molar-refractivity contribution in [1.82, 2.24) is 50.7 Å². The number of halogens is 2. The highest BCUT2D eigenvalue weighted by atomic mass is 31.2. The molecule has 3 saturated heterocycles. The summed E-state index contributed by atoms with van der Waals surface area (Å²) < 4.78 is 42.8. The Morgan fingerprint density at radius 1 is 0.860 bits per heavy atom. The van der Waals surface area contributed by atoms with E-state index in [4.69, 9.17) is 5.73 Å². The first-order valence-electron chi connectivity index (χ1n) is 27.9. The fraction of sp³-hybridized carbons (Fsp3) is 0.333. The van der Waals surface area contributed by atoms with Crippen LogP contribution in [-0.2, 0) is 56.9 Å². The van der Waals surface area contributed by atoms with Gasteiger partial charge in [-0.05, 0) is 85.5 Å². The molecule has 9 amide bonds. The van der Waals surface area contributed by atoms with Gasteiger partial charge in [0, 0.05) is 85.3 Å². The number of aromatic amines is 1. The highest BCUT2D eigenvalue weighted by Gasteiger charge is 2.51. The molecule has 4 aliphatic heterocycles. The van der Waals surface area contributed by atoms with E-state index in [1.807, 2.05) is 60.7 Å². The lowest BCUT2D eigenvalue weighted by Gasteiger charge is -2.39. The van der Waals surface area contributed by atoms with Gasteiger partial charge in [0.15, 0.2) is 0 Å². The van der Waals surface area contributed by atoms with Crippen LogP contribution in [-0.4, -0.2) is 136 Å². The van der Waals surface area contributed by atoms with Gasteiger partial charge in [-0.2, -0.15) is 13.9 Å². The quantitative estimate of drug-likeness (QED) is 0.0347. The Kier molecular flexibility index (Phi) is 17.4. The number of alkyl halides is 2. The first-order chi connectivity index (χ1) is 41.1. The summed E-state index contributed by atoms with van der Waals surface area (Å²) in [5.74, 6) is 0.844. The van der Waals surface area contributed by atoms with E-state index >= 15 is 4.79 Å². The summed E-state index contributed by atoms with van der Waals surface area (Å²) >= 11 is 0. The molecule has 446 valence electrons. The van der Waals surface area contributed by atoms with Crippen molar-refractivity contribution in [3.63, 3.8) is 0 Å². The van der Waals surface area contributed by atoms with Crippen molar-refractivity contribution in [1.29, 1.82) is 0 Å². The third kappa shape index (κ3) is 13.0. The Balaban J connectivity index is 0.844. The van der Waals surface area contributed by atoms with E-state index in [1.54, 1.807) is 35.3 Å². The number of imide groups is 1. The highest BCUT2D eigenvalue weighted by molar-refractivity contribution is 7.52. The zero-order chi connectivity index (χ0) is 61.0. The molecule has 3 fully saturated rings. The fourth-order valence-corrected chi connectivity index (χ4v) is 11.9. The van der Waals surface area contributed by atoms with Gasteiger partial charge in [-0.3, -0.25) is 57.7 Å². The normalized spacial score (nSPS) is 19.2. The molecule has 26 heteroatoms. The standard InChI is InChI=1S/C60H60F2N11O12P/c61-60(62,86(83,84)85)40-18-20-44-39(29-40)30-46(65-44)55(78)67-47-34-70(52(76)15-8-27-71-32-35(31-64-71)16-17-36-13-7-14-42-43(36)33-72(58(42)81)48-23-25-51(75)68-56(48)79)28-26-41-19-22-49(73(41)59(47)82)57(80)66-45(21-24-50(63)74)54(77)69-53(37-9-3-1-4-10-37)38-11-5-2-6-12-38/h1-7,9-14,18,20,29-32,41,45,47-49,53,65H,8,15,19,21-28,33-34H2,(H2,63,74)(H,66,80)(H,67,78)(H,69,77)(H,68,75,79)(H2,83,84,85)/t41-,45?,47+,48?,49+/m1/s1. The van der Waals surface area contributed by atoms with Gasteiger partial charge in [0.1, 0.15) is 29.9 Å². The van der Waals surface area contributed by atoms with Crippen LogP contribution in [0.4, 0.5) is 8.78 Å². The SMILES string of the molecule is NC(=O)CCC(NC(=O)[C@@H]1CC[C@@H]2CCN(C(=O)CCCn3cc(C#Cc4cccc5c4CN(C4CCC(=O)NC4=O)C5=O)cn3)C[C@H](NC(=O)c3cc4cc(C(F)(F)P(=O)(O)O)ccc4[nH]3)C(=O)N21)C(=O)NC(c1ccccc1)c1ccccc1. The van der Waals surface area contributed by atoms with Gasteiger partial charge in [0.05, 0.1) is 17.8 Å². The summed E-state index contributed by atoms with van der Waals surface area (Å²) in [4.78, 5) is 148. The van der Waals surface area contributed by atoms with Crippen molar-refractivity contribution >= 4 is 71.7 Å². The molecule has 6 aromatic rings. The molecular weight excluding hydrogens is 1140 g/mol. The smallest absolute Gasteiger partial charge is 0.370 e. The predicted octanol–water partition coefficient (Wildman–Crippen LogP) is 3.58. The summed E-state index contributed by atoms with van der Waals surface area (Å²) in [5.41, 5.74) is 3.56. The number of benzene rings is 4. The van der Waals surface area contributed by atoms with Crippen molar-refractivity contribution in [2.45, 2.75) is 113 Å². The zero-order valence-corrected chi connectivity index (χ0v) is 47.0. The molecule has 0 spiro atoms. The van der Waals surface area contributed by atoms with Crippen LogP contribution in [0.2, 0.25) is 0 Å². The number of fused-ring (bicyclic) bond motifs is 3. The lowest BCUT2D eigenvalue weighted by Crippen LogP contribution is -2.62. The third-order valence-electron chi connectivity index (χ3n) is 15.9. The first kappa shape index (κ1) is 59.8. The first-order valence-corrected chi connectivity index (χ1v) is 29.5. The molecule has 0 bridgehead atoms. The Morgan fingerprint density at radius 2 is 1.59 bits per heavy atom. The number of H-pyrrole nitrogens is 1. The van der Waals surface area contributed by atoms with E-state index in [0.717, 1.165) is 35.4 Å². The number of amides is 9. The van der Waals surface area contributed by atoms with Gasteiger partial charge >= 0.3 is 13.3 Å². The topological polar surface area (TPSA) is 329 Å². The van der Waals surface area contributed by atoms with Crippen molar-refractivity contribution in [3.05, 3.63) is 160 Å². The predicted molar refractivity (Wildman–Crippen MR) is 304 cm³/mol. The van der Waals surface area contributed by atoms with Gasteiger partial charge in [-0.15, -0.1) is 0 Å².